The summed E-state index contributed by atoms with van der Waals surface area (Å²) in [6.07, 6.45) is 2.50. The molecule has 0 radical (unpaired) electrons. The Morgan fingerprint density at radius 1 is 1.29 bits per heavy atom. The summed E-state index contributed by atoms with van der Waals surface area (Å²) in [5.41, 5.74) is -0.247. The lowest BCUT2D eigenvalue weighted by Crippen LogP contribution is -2.64. The number of rotatable bonds is 2. The van der Waals surface area contributed by atoms with E-state index in [1.165, 1.54) is 14.2 Å². The van der Waals surface area contributed by atoms with Crippen molar-refractivity contribution in [2.45, 2.75) is 36.3 Å². The Morgan fingerprint density at radius 3 is 2.79 bits per heavy atom. The minimum Gasteiger partial charge on any atom is -0.504 e. The summed E-state index contributed by atoms with van der Waals surface area (Å²) >= 11 is 0. The summed E-state index contributed by atoms with van der Waals surface area (Å²) in [5.74, 6) is 0.537. The van der Waals surface area contributed by atoms with Gasteiger partial charge in [0.15, 0.2) is 17.3 Å². The SMILES string of the molecule is COC1=CCC23CCNC2(CC(O)c2ccc(OC)c(O)c23)C1=O. The van der Waals surface area contributed by atoms with Crippen LogP contribution in [0, 0.1) is 0 Å². The molecule has 1 aromatic rings. The number of phenols is 1. The first-order valence-electron chi connectivity index (χ1n) is 8.13. The molecule has 0 spiro atoms. The lowest BCUT2D eigenvalue weighted by atomic mass is 9.53. The van der Waals surface area contributed by atoms with Gasteiger partial charge in [-0.25, -0.2) is 0 Å². The van der Waals surface area contributed by atoms with Gasteiger partial charge in [-0.05, 0) is 37.1 Å². The monoisotopic (exact) mass is 331 g/mol. The van der Waals surface area contributed by atoms with Crippen LogP contribution < -0.4 is 10.1 Å². The number of benzene rings is 1. The smallest absolute Gasteiger partial charge is 0.217 e. The summed E-state index contributed by atoms with van der Waals surface area (Å²) in [7, 11) is 2.98. The minimum absolute atomic E-state index is 0.0175. The van der Waals surface area contributed by atoms with Gasteiger partial charge in [-0.3, -0.25) is 4.79 Å². The number of carbonyl (C=O) groups excluding carboxylic acids is 1. The predicted octanol–water partition coefficient (Wildman–Crippen LogP) is 1.31. The Hall–Kier alpha value is -2.05. The Balaban J connectivity index is 2.03. The molecule has 2 aliphatic carbocycles. The molecule has 0 amide bonds. The van der Waals surface area contributed by atoms with E-state index >= 15 is 0 Å². The van der Waals surface area contributed by atoms with Crippen LogP contribution in [0.5, 0.6) is 11.5 Å². The molecule has 3 N–H and O–H groups in total. The average Bonchev–Trinajstić information content (AvgIpc) is 2.96. The van der Waals surface area contributed by atoms with E-state index in [0.717, 1.165) is 0 Å². The number of allylic oxidation sites excluding steroid dienone is 1. The first-order valence-corrected chi connectivity index (χ1v) is 8.13. The summed E-state index contributed by atoms with van der Waals surface area (Å²) in [6.45, 7) is 0.638. The number of aromatic hydroxyl groups is 1. The van der Waals surface area contributed by atoms with Gasteiger partial charge in [0.1, 0.15) is 0 Å². The van der Waals surface area contributed by atoms with Crippen molar-refractivity contribution in [1.82, 2.24) is 5.32 Å². The molecule has 1 aliphatic heterocycles. The van der Waals surface area contributed by atoms with Crippen LogP contribution in [0.15, 0.2) is 24.0 Å². The number of ether oxygens (including phenoxy) is 2. The zero-order valence-corrected chi connectivity index (χ0v) is 13.8. The quantitative estimate of drug-likeness (QED) is 0.757. The normalized spacial score (nSPS) is 34.0. The number of Topliss-reactive ketones (excluding diaryl/α,β-unsaturated/α-hetero) is 1. The first kappa shape index (κ1) is 15.5. The summed E-state index contributed by atoms with van der Waals surface area (Å²) in [5, 5.41) is 24.8. The minimum atomic E-state index is -0.955. The van der Waals surface area contributed by atoms with Gasteiger partial charge in [0.25, 0.3) is 0 Å². The van der Waals surface area contributed by atoms with Crippen molar-refractivity contribution in [2.24, 2.45) is 0 Å². The predicted molar refractivity (Wildman–Crippen MR) is 86.0 cm³/mol. The fourth-order valence-electron chi connectivity index (χ4n) is 4.93. The van der Waals surface area contributed by atoms with Crippen molar-refractivity contribution in [3.63, 3.8) is 0 Å². The molecule has 6 nitrogen and oxygen atoms in total. The summed E-state index contributed by atoms with van der Waals surface area (Å²) in [4.78, 5) is 13.1. The molecular formula is C18H21NO5. The van der Waals surface area contributed by atoms with Gasteiger partial charge in [0, 0.05) is 17.4 Å². The number of aliphatic hydroxyl groups is 1. The number of ketones is 1. The standard InChI is InChI=1S/C18H21NO5/c1-23-12-4-3-10-11(20)9-18-16(22)13(24-2)5-6-17(18,7-8-19-18)14(10)15(12)21/h3-5,11,19-21H,6-9H2,1-2H3. The largest absolute Gasteiger partial charge is 0.504 e. The molecule has 4 rings (SSSR count). The molecule has 0 bridgehead atoms. The van der Waals surface area contributed by atoms with E-state index in [9.17, 15) is 15.0 Å². The molecule has 3 aliphatic rings. The van der Waals surface area contributed by atoms with Crippen LogP contribution in [-0.2, 0) is 14.9 Å². The topological polar surface area (TPSA) is 88.0 Å². The molecule has 24 heavy (non-hydrogen) atoms. The van der Waals surface area contributed by atoms with Crippen LogP contribution in [0.2, 0.25) is 0 Å². The maximum atomic E-state index is 13.1. The third-order valence-corrected chi connectivity index (χ3v) is 5.99. The Kier molecular flexibility index (Phi) is 3.21. The highest BCUT2D eigenvalue weighted by Gasteiger charge is 2.66. The second-order valence-electron chi connectivity index (χ2n) is 6.77. The van der Waals surface area contributed by atoms with Gasteiger partial charge in [-0.15, -0.1) is 0 Å². The van der Waals surface area contributed by atoms with Crippen LogP contribution >= 0.6 is 0 Å². The number of hydrogen-bond donors (Lipinski definition) is 3. The fourth-order valence-corrected chi connectivity index (χ4v) is 4.93. The van der Waals surface area contributed by atoms with Gasteiger partial charge >= 0.3 is 0 Å². The lowest BCUT2D eigenvalue weighted by molar-refractivity contribution is -0.130. The second kappa shape index (κ2) is 4.97. The van der Waals surface area contributed by atoms with Gasteiger partial charge in [0.2, 0.25) is 5.78 Å². The maximum absolute atomic E-state index is 13.1. The molecule has 128 valence electrons. The number of nitrogens with one attached hydrogen (secondary N) is 1. The van der Waals surface area contributed by atoms with Crippen LogP contribution in [-0.4, -0.2) is 42.3 Å². The van der Waals surface area contributed by atoms with Crippen LogP contribution in [0.25, 0.3) is 0 Å². The molecule has 1 saturated heterocycles. The zero-order valence-electron chi connectivity index (χ0n) is 13.8. The highest BCUT2D eigenvalue weighted by atomic mass is 16.5. The van der Waals surface area contributed by atoms with E-state index in [1.807, 2.05) is 0 Å². The van der Waals surface area contributed by atoms with Crippen molar-refractivity contribution in [3.8, 4) is 11.5 Å². The first-order chi connectivity index (χ1) is 11.5. The molecule has 3 atom stereocenters. The number of aliphatic hydroxyl groups excluding tert-OH is 1. The molecule has 1 aromatic carbocycles. The van der Waals surface area contributed by atoms with E-state index in [0.29, 0.717) is 42.0 Å². The number of fused-ring (bicyclic) bond motifs is 1. The van der Waals surface area contributed by atoms with E-state index in [-0.39, 0.29) is 18.0 Å². The fraction of sp³-hybridized carbons (Fsp3) is 0.500. The van der Waals surface area contributed by atoms with Crippen molar-refractivity contribution >= 4 is 5.78 Å². The lowest BCUT2D eigenvalue weighted by Gasteiger charge is -2.52. The molecule has 0 aromatic heterocycles. The Labute approximate surface area is 140 Å². The van der Waals surface area contributed by atoms with E-state index in [4.69, 9.17) is 9.47 Å². The third kappa shape index (κ3) is 1.60. The third-order valence-electron chi connectivity index (χ3n) is 5.99. The molecule has 6 heteroatoms. The van der Waals surface area contributed by atoms with Gasteiger partial charge in [-0.1, -0.05) is 6.07 Å². The van der Waals surface area contributed by atoms with Gasteiger partial charge in [0.05, 0.1) is 25.9 Å². The van der Waals surface area contributed by atoms with E-state index in [2.05, 4.69) is 5.32 Å². The molecule has 3 unspecified atom stereocenters. The molecular weight excluding hydrogens is 310 g/mol. The van der Waals surface area contributed by atoms with Crippen molar-refractivity contribution in [1.29, 1.82) is 0 Å². The summed E-state index contributed by atoms with van der Waals surface area (Å²) in [6, 6.07) is 3.44. The number of carbonyl (C=O) groups is 1. The Morgan fingerprint density at radius 2 is 2.08 bits per heavy atom. The van der Waals surface area contributed by atoms with Crippen molar-refractivity contribution in [2.75, 3.05) is 20.8 Å². The van der Waals surface area contributed by atoms with Crippen LogP contribution in [0.3, 0.4) is 0 Å². The van der Waals surface area contributed by atoms with Gasteiger partial charge < -0.3 is 25.0 Å². The zero-order chi connectivity index (χ0) is 17.1. The van der Waals surface area contributed by atoms with Crippen LogP contribution in [0.1, 0.15) is 36.5 Å². The highest BCUT2D eigenvalue weighted by molar-refractivity contribution is 6.04. The molecule has 1 heterocycles. The molecule has 1 fully saturated rings. The maximum Gasteiger partial charge on any atom is 0.217 e. The highest BCUT2D eigenvalue weighted by Crippen LogP contribution is 2.61. The van der Waals surface area contributed by atoms with Crippen molar-refractivity contribution in [3.05, 3.63) is 35.1 Å². The second-order valence-corrected chi connectivity index (χ2v) is 6.77. The van der Waals surface area contributed by atoms with Crippen molar-refractivity contribution < 1.29 is 24.5 Å². The number of hydrogen-bond acceptors (Lipinski definition) is 6. The van der Waals surface area contributed by atoms with E-state index < -0.39 is 17.1 Å². The van der Waals surface area contributed by atoms with E-state index in [1.54, 1.807) is 18.2 Å². The van der Waals surface area contributed by atoms with Gasteiger partial charge in [-0.2, -0.15) is 0 Å². The molecule has 0 saturated carbocycles. The number of phenolic OH excluding ortho intramolecular Hbond substituents is 1. The Bertz CT molecular complexity index is 758. The average molecular weight is 331 g/mol. The summed E-state index contributed by atoms with van der Waals surface area (Å²) < 4.78 is 10.5. The number of methoxy groups -OCH3 is 2. The van der Waals surface area contributed by atoms with Crippen LogP contribution in [0.4, 0.5) is 0 Å².